The number of carbonyl (C=O) groups is 1. The van der Waals surface area contributed by atoms with Crippen LogP contribution in [0.4, 0.5) is 5.69 Å². The van der Waals surface area contributed by atoms with E-state index in [1.165, 1.54) is 11.1 Å². The minimum Gasteiger partial charge on any atom is -0.349 e. The molecule has 1 atom stereocenters. The van der Waals surface area contributed by atoms with E-state index < -0.39 is 10.0 Å². The molecule has 1 aliphatic rings. The number of hydrogen-bond donors (Lipinski definition) is 2. The molecule has 3 aromatic carbocycles. The molecule has 0 unspecified atom stereocenters. The fourth-order valence-corrected chi connectivity index (χ4v) is 5.16. The van der Waals surface area contributed by atoms with Crippen molar-refractivity contribution >= 4 is 21.6 Å². The zero-order valence-corrected chi connectivity index (χ0v) is 19.0. The van der Waals surface area contributed by atoms with Crippen LogP contribution in [-0.4, -0.2) is 14.3 Å². The van der Waals surface area contributed by atoms with Gasteiger partial charge in [-0.15, -0.1) is 0 Å². The van der Waals surface area contributed by atoms with E-state index in [9.17, 15) is 13.2 Å². The van der Waals surface area contributed by atoms with E-state index in [2.05, 4.69) is 22.2 Å². The molecule has 0 saturated heterocycles. The highest BCUT2D eigenvalue weighted by atomic mass is 32.2. The molecule has 4 rings (SSSR count). The Morgan fingerprint density at radius 1 is 0.969 bits per heavy atom. The molecule has 0 saturated carbocycles. The van der Waals surface area contributed by atoms with Gasteiger partial charge in [0, 0.05) is 12.1 Å². The maximum absolute atomic E-state index is 12.6. The topological polar surface area (TPSA) is 75.3 Å². The van der Waals surface area contributed by atoms with E-state index in [-0.39, 0.29) is 16.8 Å². The van der Waals surface area contributed by atoms with Crippen LogP contribution in [0.2, 0.25) is 0 Å². The lowest BCUT2D eigenvalue weighted by Crippen LogP contribution is -2.31. The molecule has 0 heterocycles. The maximum atomic E-state index is 12.6. The van der Waals surface area contributed by atoms with Crippen LogP contribution in [0, 0.1) is 6.92 Å². The number of sulfonamides is 1. The summed E-state index contributed by atoms with van der Waals surface area (Å²) in [4.78, 5) is 12.7. The number of amides is 1. The summed E-state index contributed by atoms with van der Waals surface area (Å²) in [6.45, 7) is 1.95. The van der Waals surface area contributed by atoms with Crippen LogP contribution < -0.4 is 10.0 Å². The molecular weight excluding hydrogens is 420 g/mol. The molecule has 0 aliphatic heterocycles. The number of aryl methyl sites for hydroxylation is 3. The van der Waals surface area contributed by atoms with Crippen LogP contribution in [0.25, 0.3) is 0 Å². The molecule has 0 bridgehead atoms. The van der Waals surface area contributed by atoms with Gasteiger partial charge in [0.1, 0.15) is 0 Å². The van der Waals surface area contributed by atoms with E-state index in [4.69, 9.17) is 0 Å². The van der Waals surface area contributed by atoms with Crippen molar-refractivity contribution in [2.24, 2.45) is 0 Å². The largest absolute Gasteiger partial charge is 0.349 e. The Kier molecular flexibility index (Phi) is 6.61. The molecule has 5 nitrogen and oxygen atoms in total. The zero-order chi connectivity index (χ0) is 22.6. The Labute approximate surface area is 189 Å². The highest BCUT2D eigenvalue weighted by Gasteiger charge is 2.21. The highest BCUT2D eigenvalue weighted by Crippen LogP contribution is 2.29. The fraction of sp³-hybridized carbons (Fsp3) is 0.269. The number of benzene rings is 3. The van der Waals surface area contributed by atoms with Gasteiger partial charge in [0.25, 0.3) is 10.0 Å². The number of anilines is 1. The molecule has 166 valence electrons. The van der Waals surface area contributed by atoms with Crippen molar-refractivity contribution < 1.29 is 13.2 Å². The van der Waals surface area contributed by atoms with Gasteiger partial charge >= 0.3 is 0 Å². The Bertz CT molecular complexity index is 1190. The van der Waals surface area contributed by atoms with E-state index in [1.807, 2.05) is 31.2 Å². The van der Waals surface area contributed by atoms with Gasteiger partial charge < -0.3 is 5.32 Å². The van der Waals surface area contributed by atoms with Crippen LogP contribution in [-0.2, 0) is 27.7 Å². The Balaban J connectivity index is 1.33. The third-order valence-electron chi connectivity index (χ3n) is 5.88. The van der Waals surface area contributed by atoms with Crippen molar-refractivity contribution in [3.63, 3.8) is 0 Å². The first kappa shape index (κ1) is 22.1. The van der Waals surface area contributed by atoms with Gasteiger partial charge in [-0.3, -0.25) is 9.52 Å². The normalized spacial score (nSPS) is 15.6. The number of nitrogens with one attached hydrogen (secondary N) is 2. The van der Waals surface area contributed by atoms with Crippen LogP contribution in [0.15, 0.2) is 77.7 Å². The molecule has 2 N–H and O–H groups in total. The molecule has 32 heavy (non-hydrogen) atoms. The first-order chi connectivity index (χ1) is 15.4. The molecule has 1 aliphatic carbocycles. The van der Waals surface area contributed by atoms with Crippen molar-refractivity contribution in [1.82, 2.24) is 5.32 Å². The van der Waals surface area contributed by atoms with Crippen molar-refractivity contribution in [2.75, 3.05) is 4.72 Å². The first-order valence-corrected chi connectivity index (χ1v) is 12.4. The van der Waals surface area contributed by atoms with E-state index in [0.29, 0.717) is 18.5 Å². The Morgan fingerprint density at radius 2 is 1.69 bits per heavy atom. The van der Waals surface area contributed by atoms with Crippen LogP contribution in [0.5, 0.6) is 0 Å². The molecule has 0 aromatic heterocycles. The van der Waals surface area contributed by atoms with Crippen molar-refractivity contribution in [3.05, 3.63) is 95.1 Å². The summed E-state index contributed by atoms with van der Waals surface area (Å²) in [5, 5.41) is 3.17. The van der Waals surface area contributed by atoms with Gasteiger partial charge in [-0.2, -0.15) is 0 Å². The third-order valence-corrected chi connectivity index (χ3v) is 7.28. The summed E-state index contributed by atoms with van der Waals surface area (Å²) < 4.78 is 27.8. The second kappa shape index (κ2) is 9.57. The van der Waals surface area contributed by atoms with Gasteiger partial charge in [0.2, 0.25) is 5.91 Å². The lowest BCUT2D eigenvalue weighted by molar-refractivity contribution is -0.121. The minimum atomic E-state index is -3.65. The van der Waals surface area contributed by atoms with E-state index >= 15 is 0 Å². The maximum Gasteiger partial charge on any atom is 0.261 e. The van der Waals surface area contributed by atoms with Gasteiger partial charge in [-0.25, -0.2) is 8.42 Å². The average Bonchev–Trinajstić information content (AvgIpc) is 2.80. The number of rotatable bonds is 7. The summed E-state index contributed by atoms with van der Waals surface area (Å²) in [6.07, 6.45) is 4.03. The average molecular weight is 449 g/mol. The highest BCUT2D eigenvalue weighted by molar-refractivity contribution is 7.92. The summed E-state index contributed by atoms with van der Waals surface area (Å²) in [5.74, 6) is 0.0180. The Hall–Kier alpha value is -3.12. The lowest BCUT2D eigenvalue weighted by atomic mass is 9.87. The molecule has 0 radical (unpaired) electrons. The molecular formula is C26H28N2O3S. The first-order valence-electron chi connectivity index (χ1n) is 11.0. The third kappa shape index (κ3) is 5.37. The van der Waals surface area contributed by atoms with E-state index in [1.54, 1.807) is 36.4 Å². The van der Waals surface area contributed by atoms with Crippen molar-refractivity contribution in [1.29, 1.82) is 0 Å². The number of carbonyl (C=O) groups excluding carboxylic acids is 1. The molecule has 6 heteroatoms. The van der Waals surface area contributed by atoms with Gasteiger partial charge in [0.15, 0.2) is 0 Å². The van der Waals surface area contributed by atoms with E-state index in [0.717, 1.165) is 30.4 Å². The quantitative estimate of drug-likeness (QED) is 0.539. The standard InChI is InChI=1S/C26H28N2O3S/c1-19-9-14-22(15-10-19)28-32(30,31)23-16-11-20(12-17-23)13-18-26(29)27-25-8-4-6-21-5-2-3-7-24(21)25/h2-3,5,7,9-12,14-17,25,28H,4,6,8,13,18H2,1H3,(H,27,29)/t25-/m1/s1. The van der Waals surface area contributed by atoms with Crippen LogP contribution in [0.3, 0.4) is 0 Å². The van der Waals surface area contributed by atoms with Crippen LogP contribution in [0.1, 0.15) is 47.6 Å². The van der Waals surface area contributed by atoms with Gasteiger partial charge in [-0.1, -0.05) is 54.1 Å². The summed E-state index contributed by atoms with van der Waals surface area (Å²) >= 11 is 0. The molecule has 0 spiro atoms. The molecule has 1 amide bonds. The summed E-state index contributed by atoms with van der Waals surface area (Å²) in [5.41, 5.74) is 5.07. The summed E-state index contributed by atoms with van der Waals surface area (Å²) in [7, 11) is -3.65. The fourth-order valence-electron chi connectivity index (χ4n) is 4.10. The van der Waals surface area contributed by atoms with Crippen LogP contribution >= 0.6 is 0 Å². The smallest absolute Gasteiger partial charge is 0.261 e. The predicted molar refractivity (Wildman–Crippen MR) is 127 cm³/mol. The van der Waals surface area contributed by atoms with Gasteiger partial charge in [-0.05, 0) is 73.6 Å². The monoisotopic (exact) mass is 448 g/mol. The SMILES string of the molecule is Cc1ccc(NS(=O)(=O)c2ccc(CCC(=O)N[C@@H]3CCCc4ccccc43)cc2)cc1. The molecule has 3 aromatic rings. The lowest BCUT2D eigenvalue weighted by Gasteiger charge is -2.26. The predicted octanol–water partition coefficient (Wildman–Crippen LogP) is 4.92. The second-order valence-electron chi connectivity index (χ2n) is 8.33. The minimum absolute atomic E-state index is 0.0180. The molecule has 0 fully saturated rings. The Morgan fingerprint density at radius 3 is 2.44 bits per heavy atom. The van der Waals surface area contributed by atoms with Crippen molar-refractivity contribution in [3.8, 4) is 0 Å². The van der Waals surface area contributed by atoms with Gasteiger partial charge in [0.05, 0.1) is 10.9 Å². The zero-order valence-electron chi connectivity index (χ0n) is 18.2. The van der Waals surface area contributed by atoms with Crippen molar-refractivity contribution in [2.45, 2.75) is 50.0 Å². The number of hydrogen-bond acceptors (Lipinski definition) is 3. The number of fused-ring (bicyclic) bond motifs is 1. The second-order valence-corrected chi connectivity index (χ2v) is 10.0. The summed E-state index contributed by atoms with van der Waals surface area (Å²) in [6, 6.07) is 22.3.